The minimum atomic E-state index is -3.72. The molecular formula is C27H52N4O15P2S2. The van der Waals surface area contributed by atoms with Gasteiger partial charge in [0.15, 0.2) is 0 Å². The minimum Gasteiger partial charge on any atom is -0.463 e. The van der Waals surface area contributed by atoms with Gasteiger partial charge in [-0.1, -0.05) is 0 Å². The lowest BCUT2D eigenvalue weighted by Gasteiger charge is -2.22. The first-order valence-corrected chi connectivity index (χ1v) is 20.8. The molecule has 0 saturated heterocycles. The zero-order chi connectivity index (χ0) is 38.2. The molecule has 0 aromatic heterocycles. The van der Waals surface area contributed by atoms with Gasteiger partial charge in [0.2, 0.25) is 11.8 Å². The predicted molar refractivity (Wildman–Crippen MR) is 187 cm³/mol. The molecule has 2 unspecified atom stereocenters. The van der Waals surface area contributed by atoms with Crippen molar-refractivity contribution < 1.29 is 70.8 Å². The molecule has 4 amide bonds. The van der Waals surface area contributed by atoms with E-state index in [0.29, 0.717) is 12.8 Å². The molecule has 0 spiro atoms. The molecule has 0 aromatic rings. The molecule has 0 fully saturated rings. The van der Waals surface area contributed by atoms with E-state index in [-0.39, 0.29) is 90.0 Å². The number of hydrogen-bond acceptors (Lipinski definition) is 15. The van der Waals surface area contributed by atoms with E-state index in [9.17, 15) is 33.8 Å². The fourth-order valence-corrected chi connectivity index (χ4v) is 5.97. The van der Waals surface area contributed by atoms with Crippen LogP contribution in [0, 0.1) is 0 Å². The number of urea groups is 1. The minimum absolute atomic E-state index is 0.0391. The topological polar surface area (TPSA) is 248 Å². The van der Waals surface area contributed by atoms with Gasteiger partial charge in [-0.2, -0.15) is 0 Å². The molecular weight excluding hydrogens is 746 g/mol. The Morgan fingerprint density at radius 2 is 0.960 bits per heavy atom. The summed E-state index contributed by atoms with van der Waals surface area (Å²) in [5.74, 6) is -1.51. The predicted octanol–water partition coefficient (Wildman–Crippen LogP) is 0.512. The van der Waals surface area contributed by atoms with Crippen LogP contribution in [0.15, 0.2) is 0 Å². The van der Waals surface area contributed by atoms with Crippen LogP contribution in [0.3, 0.4) is 0 Å². The highest BCUT2D eigenvalue weighted by Crippen LogP contribution is 2.44. The van der Waals surface area contributed by atoms with Crippen molar-refractivity contribution in [3.63, 3.8) is 0 Å². The molecule has 0 saturated carbocycles. The van der Waals surface area contributed by atoms with E-state index in [2.05, 4.69) is 21.3 Å². The van der Waals surface area contributed by atoms with Crippen molar-refractivity contribution in [1.82, 2.24) is 21.3 Å². The second kappa shape index (κ2) is 26.8. The van der Waals surface area contributed by atoms with E-state index < -0.39 is 43.5 Å². The van der Waals surface area contributed by atoms with Crippen molar-refractivity contribution in [2.75, 3.05) is 65.9 Å². The number of carbonyl (C=O) groups excluding carboxylic acids is 5. The van der Waals surface area contributed by atoms with Gasteiger partial charge in [0.1, 0.15) is 12.2 Å². The first-order chi connectivity index (χ1) is 23.3. The van der Waals surface area contributed by atoms with E-state index in [1.807, 2.05) is 0 Å². The lowest BCUT2D eigenvalue weighted by molar-refractivity contribution is -0.147. The van der Waals surface area contributed by atoms with Crippen molar-refractivity contribution in [2.45, 2.75) is 78.7 Å². The van der Waals surface area contributed by atoms with Crippen LogP contribution < -0.4 is 21.3 Å². The number of carbonyl (C=O) groups is 5. The summed E-state index contributed by atoms with van der Waals surface area (Å²) in [6.07, 6.45) is 0.200. The molecule has 0 bridgehead atoms. The van der Waals surface area contributed by atoms with Crippen LogP contribution in [0.1, 0.15) is 54.4 Å². The molecule has 0 aliphatic rings. The van der Waals surface area contributed by atoms with Gasteiger partial charge >= 0.3 is 31.4 Å². The van der Waals surface area contributed by atoms with Gasteiger partial charge in [-0.3, -0.25) is 19.2 Å². The maximum absolute atomic E-state index is 12.1. The summed E-state index contributed by atoms with van der Waals surface area (Å²) in [6.45, 7) is 0.898. The molecule has 0 radical (unpaired) electrons. The molecule has 0 rings (SSSR count). The molecule has 19 nitrogen and oxygen atoms in total. The fourth-order valence-electron chi connectivity index (χ4n) is 3.63. The highest BCUT2D eigenvalue weighted by atomic mass is 32.5. The van der Waals surface area contributed by atoms with Crippen molar-refractivity contribution in [3.8, 4) is 0 Å². The van der Waals surface area contributed by atoms with Crippen molar-refractivity contribution in [3.05, 3.63) is 0 Å². The zero-order valence-corrected chi connectivity index (χ0v) is 32.6. The highest BCUT2D eigenvalue weighted by Gasteiger charge is 2.21. The summed E-state index contributed by atoms with van der Waals surface area (Å²) in [6, 6.07) is -1.91. The Morgan fingerprint density at radius 3 is 1.28 bits per heavy atom. The van der Waals surface area contributed by atoms with E-state index in [4.69, 9.17) is 60.7 Å². The second-order valence-corrected chi connectivity index (χ2v) is 16.4. The van der Waals surface area contributed by atoms with Gasteiger partial charge < -0.3 is 68.1 Å². The second-order valence-electron chi connectivity index (χ2n) is 10.7. The van der Waals surface area contributed by atoms with Crippen LogP contribution in [0.5, 0.6) is 0 Å². The Morgan fingerprint density at radius 1 is 0.600 bits per heavy atom. The lowest BCUT2D eigenvalue weighted by Crippen LogP contribution is -2.40. The number of esters is 2. The maximum atomic E-state index is 12.1. The monoisotopic (exact) mass is 798 g/mol. The molecule has 50 heavy (non-hydrogen) atoms. The normalized spacial score (nSPS) is 16.0. The average Bonchev–Trinajstić information content (AvgIpc) is 2.98. The summed E-state index contributed by atoms with van der Waals surface area (Å²) < 4.78 is 42.1. The number of hydrogen-bond donors (Lipinski definition) is 6. The van der Waals surface area contributed by atoms with Gasteiger partial charge in [0.05, 0.1) is 64.9 Å². The van der Waals surface area contributed by atoms with Crippen molar-refractivity contribution in [1.29, 1.82) is 0 Å². The summed E-state index contributed by atoms with van der Waals surface area (Å²) in [5, 5.41) is 10.2. The number of ether oxygens (including phenoxy) is 4. The van der Waals surface area contributed by atoms with E-state index in [1.165, 1.54) is 27.7 Å². The number of amides is 4. The summed E-state index contributed by atoms with van der Waals surface area (Å²) in [5.41, 5.74) is 0. The Balaban J connectivity index is 4.35. The van der Waals surface area contributed by atoms with Crippen LogP contribution in [0.4, 0.5) is 4.79 Å². The first-order valence-electron chi connectivity index (χ1n) is 15.6. The summed E-state index contributed by atoms with van der Waals surface area (Å²) in [7, 11) is 0. The van der Waals surface area contributed by atoms with Gasteiger partial charge in [-0.05, 0) is 37.5 Å². The largest absolute Gasteiger partial charge is 0.463 e. The SMILES string of the molecule is CC(=O)N[C@H](COCC[C@@H](C)OC(C)=O)COP(O)(=S)OCCNC(=O)NCCOP(O)(=S)OC[C@@H](COCC[C@@H](C)OC(C)=O)NC(C)=O. The van der Waals surface area contributed by atoms with Gasteiger partial charge in [0, 0.05) is 53.6 Å². The summed E-state index contributed by atoms with van der Waals surface area (Å²) in [4.78, 5) is 77.7. The Hall–Kier alpha value is -1.87. The molecule has 6 atom stereocenters. The van der Waals surface area contributed by atoms with Crippen LogP contribution in [0.25, 0.3) is 0 Å². The molecule has 292 valence electrons. The smallest absolute Gasteiger partial charge is 0.324 e. The quantitative estimate of drug-likeness (QED) is 0.0359. The fraction of sp³-hybridized carbons (Fsp3) is 0.815. The van der Waals surface area contributed by atoms with Gasteiger partial charge in [-0.25, -0.2) is 4.79 Å². The molecule has 23 heteroatoms. The zero-order valence-electron chi connectivity index (χ0n) is 29.2. The summed E-state index contributed by atoms with van der Waals surface area (Å²) >= 11 is 9.96. The van der Waals surface area contributed by atoms with Crippen LogP contribution >= 0.6 is 13.4 Å². The Labute approximate surface area is 302 Å². The third-order valence-corrected chi connectivity index (χ3v) is 8.92. The highest BCUT2D eigenvalue weighted by molar-refractivity contribution is 8.07. The molecule has 6 N–H and O–H groups in total. The Bertz CT molecular complexity index is 1070. The lowest BCUT2D eigenvalue weighted by atomic mass is 10.3. The molecule has 0 heterocycles. The third kappa shape index (κ3) is 29.8. The van der Waals surface area contributed by atoms with Crippen molar-refractivity contribution in [2.24, 2.45) is 0 Å². The van der Waals surface area contributed by atoms with Crippen LogP contribution in [-0.2, 0) is 79.8 Å². The molecule has 0 aromatic carbocycles. The van der Waals surface area contributed by atoms with Gasteiger partial charge in [-0.15, -0.1) is 0 Å². The van der Waals surface area contributed by atoms with E-state index in [1.54, 1.807) is 13.8 Å². The first kappa shape index (κ1) is 48.1. The molecule has 0 aliphatic carbocycles. The van der Waals surface area contributed by atoms with Crippen LogP contribution in [-0.4, -0.2) is 130 Å². The van der Waals surface area contributed by atoms with E-state index in [0.717, 1.165) is 0 Å². The standard InChI is InChI=1S/C27H52N4O15P2S2/c1-19(45-23(5)34)7-11-39-15-25(30-21(3)32)17-43-47(37,49)41-13-9-28-27(36)29-10-14-42-48(38,50)44-18-26(31-22(4)33)16-40-12-8-20(2)46-24(6)35/h19-20,25-26H,7-18H2,1-6H3,(H,30,32)(H,31,33)(H,37,49)(H,38,50)(H2,28,29,36)/t19-,20-,25-,26-,47?,48?/m1/s1. The Kier molecular flexibility index (Phi) is 25.8. The maximum Gasteiger partial charge on any atom is 0.324 e. The third-order valence-electron chi connectivity index (χ3n) is 5.69. The van der Waals surface area contributed by atoms with Crippen molar-refractivity contribution >= 4 is 66.8 Å². The average molecular weight is 799 g/mol. The number of rotatable bonds is 28. The van der Waals surface area contributed by atoms with Crippen LogP contribution in [0.2, 0.25) is 0 Å². The van der Waals surface area contributed by atoms with Gasteiger partial charge in [0.25, 0.3) is 0 Å². The molecule has 0 aliphatic heterocycles. The van der Waals surface area contributed by atoms with E-state index >= 15 is 0 Å². The number of nitrogens with one attached hydrogen (secondary N) is 4.